The minimum absolute atomic E-state index is 0.00437. The lowest BCUT2D eigenvalue weighted by molar-refractivity contribution is 0.0606. The standard InChI is InChI=1S/C26H28N2O3/c1-30-19-17-28-25(27-23-15-7-5-13-21(23)26(28)29)22-14-6-8-16-24(22)31-18-9-12-20-10-3-2-4-11-20/h2-8,10-11,13-16,25,27H,9,12,17-19H2,1H3. The zero-order valence-corrected chi connectivity index (χ0v) is 17.8. The lowest BCUT2D eigenvalue weighted by Gasteiger charge is -2.38. The number of methoxy groups -OCH3 is 1. The molecular weight excluding hydrogens is 388 g/mol. The molecule has 3 aromatic rings. The molecule has 1 heterocycles. The fourth-order valence-corrected chi connectivity index (χ4v) is 3.90. The van der Waals surface area contributed by atoms with E-state index in [4.69, 9.17) is 9.47 Å². The molecule has 160 valence electrons. The number of amides is 1. The Kier molecular flexibility index (Phi) is 6.85. The van der Waals surface area contributed by atoms with Crippen LogP contribution in [0.1, 0.15) is 34.1 Å². The van der Waals surface area contributed by atoms with Crippen LogP contribution in [0.3, 0.4) is 0 Å². The van der Waals surface area contributed by atoms with Crippen LogP contribution in [0.4, 0.5) is 5.69 Å². The van der Waals surface area contributed by atoms with Gasteiger partial charge in [-0.05, 0) is 36.6 Å². The number of carbonyl (C=O) groups excluding carboxylic acids is 1. The molecule has 4 rings (SSSR count). The average Bonchev–Trinajstić information content (AvgIpc) is 2.82. The van der Waals surface area contributed by atoms with Crippen molar-refractivity contribution >= 4 is 11.6 Å². The van der Waals surface area contributed by atoms with Gasteiger partial charge in [-0.1, -0.05) is 60.7 Å². The number of aryl methyl sites for hydroxylation is 1. The van der Waals surface area contributed by atoms with E-state index in [0.717, 1.165) is 29.8 Å². The summed E-state index contributed by atoms with van der Waals surface area (Å²) < 4.78 is 11.4. The van der Waals surface area contributed by atoms with E-state index < -0.39 is 0 Å². The molecule has 1 aliphatic rings. The maximum Gasteiger partial charge on any atom is 0.257 e. The first-order valence-corrected chi connectivity index (χ1v) is 10.7. The van der Waals surface area contributed by atoms with Gasteiger partial charge in [0.15, 0.2) is 0 Å². The summed E-state index contributed by atoms with van der Waals surface area (Å²) in [7, 11) is 1.65. The monoisotopic (exact) mass is 416 g/mol. The molecule has 1 atom stereocenters. The third-order valence-corrected chi connectivity index (χ3v) is 5.48. The van der Waals surface area contributed by atoms with E-state index in [9.17, 15) is 4.79 Å². The molecule has 1 aliphatic heterocycles. The van der Waals surface area contributed by atoms with Crippen molar-refractivity contribution in [3.8, 4) is 5.75 Å². The third kappa shape index (κ3) is 4.89. The summed E-state index contributed by atoms with van der Waals surface area (Å²) in [6.07, 6.45) is 1.57. The van der Waals surface area contributed by atoms with E-state index in [1.807, 2.05) is 59.5 Å². The van der Waals surface area contributed by atoms with E-state index >= 15 is 0 Å². The molecule has 0 saturated heterocycles. The third-order valence-electron chi connectivity index (χ3n) is 5.48. The second kappa shape index (κ2) is 10.1. The summed E-state index contributed by atoms with van der Waals surface area (Å²) in [5, 5.41) is 3.53. The Morgan fingerprint density at radius 2 is 1.65 bits per heavy atom. The number of benzene rings is 3. The number of nitrogens with one attached hydrogen (secondary N) is 1. The quantitative estimate of drug-likeness (QED) is 0.504. The number of fused-ring (bicyclic) bond motifs is 1. The zero-order valence-electron chi connectivity index (χ0n) is 17.8. The van der Waals surface area contributed by atoms with Crippen molar-refractivity contribution in [2.24, 2.45) is 0 Å². The Labute approximate surface area is 183 Å². The number of nitrogens with zero attached hydrogens (tertiary/aromatic N) is 1. The van der Waals surface area contributed by atoms with Gasteiger partial charge in [-0.2, -0.15) is 0 Å². The normalized spacial score (nSPS) is 15.3. The zero-order chi connectivity index (χ0) is 21.5. The van der Waals surface area contributed by atoms with Gasteiger partial charge in [-0.3, -0.25) is 4.79 Å². The van der Waals surface area contributed by atoms with Crippen LogP contribution in [-0.4, -0.2) is 37.7 Å². The van der Waals surface area contributed by atoms with Crippen LogP contribution in [0.15, 0.2) is 78.9 Å². The van der Waals surface area contributed by atoms with Crippen molar-refractivity contribution in [2.45, 2.75) is 19.0 Å². The van der Waals surface area contributed by atoms with Gasteiger partial charge in [0.2, 0.25) is 0 Å². The Hall–Kier alpha value is -3.31. The Bertz CT molecular complexity index is 1010. The second-order valence-corrected chi connectivity index (χ2v) is 7.56. The molecule has 1 N–H and O–H groups in total. The molecule has 0 bridgehead atoms. The second-order valence-electron chi connectivity index (χ2n) is 7.56. The minimum Gasteiger partial charge on any atom is -0.493 e. The first-order chi connectivity index (χ1) is 15.3. The van der Waals surface area contributed by atoms with Crippen LogP contribution in [0.2, 0.25) is 0 Å². The van der Waals surface area contributed by atoms with E-state index in [1.165, 1.54) is 5.56 Å². The Morgan fingerprint density at radius 1 is 0.903 bits per heavy atom. The molecule has 5 nitrogen and oxygen atoms in total. The minimum atomic E-state index is -0.317. The van der Waals surface area contributed by atoms with E-state index in [-0.39, 0.29) is 12.1 Å². The Balaban J connectivity index is 1.52. The number of hydrogen-bond donors (Lipinski definition) is 1. The predicted octanol–water partition coefficient (Wildman–Crippen LogP) is 4.91. The topological polar surface area (TPSA) is 50.8 Å². The highest BCUT2D eigenvalue weighted by atomic mass is 16.5. The molecule has 0 aromatic heterocycles. The lowest BCUT2D eigenvalue weighted by Crippen LogP contribution is -2.44. The molecule has 5 heteroatoms. The van der Waals surface area contributed by atoms with Crippen molar-refractivity contribution in [2.75, 3.05) is 32.2 Å². The fraction of sp³-hybridized carbons (Fsp3) is 0.269. The fourth-order valence-electron chi connectivity index (χ4n) is 3.90. The molecule has 1 amide bonds. The summed E-state index contributed by atoms with van der Waals surface area (Å²) in [6, 6.07) is 26.0. The smallest absolute Gasteiger partial charge is 0.257 e. The number of anilines is 1. The number of hydrogen-bond acceptors (Lipinski definition) is 4. The number of carbonyl (C=O) groups is 1. The van der Waals surface area contributed by atoms with Gasteiger partial charge in [0.05, 0.1) is 18.8 Å². The van der Waals surface area contributed by atoms with Crippen LogP contribution >= 0.6 is 0 Å². The first kappa shape index (κ1) is 20.9. The molecule has 0 radical (unpaired) electrons. The number of rotatable bonds is 9. The molecule has 1 unspecified atom stereocenters. The van der Waals surface area contributed by atoms with Gasteiger partial charge in [0.1, 0.15) is 11.9 Å². The highest BCUT2D eigenvalue weighted by Gasteiger charge is 2.33. The Morgan fingerprint density at radius 3 is 2.48 bits per heavy atom. The molecule has 0 saturated carbocycles. The van der Waals surface area contributed by atoms with Gasteiger partial charge < -0.3 is 19.7 Å². The van der Waals surface area contributed by atoms with E-state index in [0.29, 0.717) is 25.3 Å². The summed E-state index contributed by atoms with van der Waals surface area (Å²) in [4.78, 5) is 15.0. The maximum absolute atomic E-state index is 13.2. The molecule has 0 fully saturated rings. The van der Waals surface area contributed by atoms with Gasteiger partial charge in [0, 0.05) is 24.9 Å². The molecule has 3 aromatic carbocycles. The van der Waals surface area contributed by atoms with E-state index in [1.54, 1.807) is 7.11 Å². The van der Waals surface area contributed by atoms with Gasteiger partial charge in [0.25, 0.3) is 5.91 Å². The molecular formula is C26H28N2O3. The van der Waals surface area contributed by atoms with Gasteiger partial charge in [-0.25, -0.2) is 0 Å². The van der Waals surface area contributed by atoms with Crippen molar-refractivity contribution in [3.05, 3.63) is 95.6 Å². The van der Waals surface area contributed by atoms with Crippen molar-refractivity contribution in [3.63, 3.8) is 0 Å². The lowest BCUT2D eigenvalue weighted by atomic mass is 10.0. The largest absolute Gasteiger partial charge is 0.493 e. The average molecular weight is 417 g/mol. The summed E-state index contributed by atoms with van der Waals surface area (Å²) in [6.45, 7) is 1.57. The van der Waals surface area contributed by atoms with Crippen molar-refractivity contribution < 1.29 is 14.3 Å². The van der Waals surface area contributed by atoms with Crippen molar-refractivity contribution in [1.82, 2.24) is 4.90 Å². The maximum atomic E-state index is 13.2. The highest BCUT2D eigenvalue weighted by molar-refractivity contribution is 6.01. The van der Waals surface area contributed by atoms with Crippen LogP contribution in [0.5, 0.6) is 5.75 Å². The molecule has 0 spiro atoms. The van der Waals surface area contributed by atoms with Crippen LogP contribution < -0.4 is 10.1 Å². The number of para-hydroxylation sites is 2. The van der Waals surface area contributed by atoms with Crippen molar-refractivity contribution in [1.29, 1.82) is 0 Å². The molecule has 0 aliphatic carbocycles. The summed E-state index contributed by atoms with van der Waals surface area (Å²) in [5.41, 5.74) is 3.77. The van der Waals surface area contributed by atoms with Crippen LogP contribution in [-0.2, 0) is 11.2 Å². The van der Waals surface area contributed by atoms with Gasteiger partial charge in [-0.15, -0.1) is 0 Å². The predicted molar refractivity (Wildman–Crippen MR) is 122 cm³/mol. The van der Waals surface area contributed by atoms with Crippen LogP contribution in [0.25, 0.3) is 0 Å². The highest BCUT2D eigenvalue weighted by Crippen LogP contribution is 2.36. The summed E-state index contributed by atoms with van der Waals surface area (Å²) >= 11 is 0. The SMILES string of the molecule is COCCN1C(=O)c2ccccc2NC1c1ccccc1OCCCc1ccccc1. The first-order valence-electron chi connectivity index (χ1n) is 10.7. The number of ether oxygens (including phenoxy) is 2. The van der Waals surface area contributed by atoms with Gasteiger partial charge >= 0.3 is 0 Å². The molecule has 31 heavy (non-hydrogen) atoms. The van der Waals surface area contributed by atoms with E-state index in [2.05, 4.69) is 29.6 Å². The van der Waals surface area contributed by atoms with Crippen LogP contribution in [0, 0.1) is 0 Å². The summed E-state index contributed by atoms with van der Waals surface area (Å²) in [5.74, 6) is 0.790.